The van der Waals surface area contributed by atoms with Gasteiger partial charge in [-0.2, -0.15) is 0 Å². The molecule has 0 bridgehead atoms. The number of hydrogen-bond acceptors (Lipinski definition) is 4. The van der Waals surface area contributed by atoms with Gasteiger partial charge in [0.2, 0.25) is 5.88 Å². The molecule has 0 atom stereocenters. The van der Waals surface area contributed by atoms with Crippen LogP contribution in [0.15, 0.2) is 18.3 Å². The molecule has 1 fully saturated rings. The minimum absolute atomic E-state index is 0.182. The molecule has 1 saturated heterocycles. The minimum Gasteiger partial charge on any atom is -0.469 e. The van der Waals surface area contributed by atoms with Crippen molar-refractivity contribution in [3.8, 4) is 5.88 Å². The Morgan fingerprint density at radius 3 is 3.00 bits per heavy atom. The molecule has 17 heavy (non-hydrogen) atoms. The van der Waals surface area contributed by atoms with Crippen LogP contribution in [0, 0.1) is 5.92 Å². The average molecular weight is 236 g/mol. The summed E-state index contributed by atoms with van der Waals surface area (Å²) in [5, 5.41) is 3.40. The molecule has 1 aromatic rings. The normalized spacial score (nSPS) is 15.9. The lowest BCUT2D eigenvalue weighted by atomic mass is 10.2. The molecule has 0 amide bonds. The maximum Gasteiger partial charge on any atom is 0.213 e. The van der Waals surface area contributed by atoms with Crippen LogP contribution in [0.4, 0.5) is 0 Å². The van der Waals surface area contributed by atoms with Crippen molar-refractivity contribution in [2.24, 2.45) is 5.92 Å². The minimum atomic E-state index is 0.182. The van der Waals surface area contributed by atoms with E-state index in [-0.39, 0.29) is 6.10 Å². The Labute approximate surface area is 102 Å². The quantitative estimate of drug-likeness (QED) is 0.815. The third kappa shape index (κ3) is 3.98. The first-order valence-electron chi connectivity index (χ1n) is 6.14. The summed E-state index contributed by atoms with van der Waals surface area (Å²) in [5.41, 5.74) is 1.20. The van der Waals surface area contributed by atoms with Crippen LogP contribution >= 0.6 is 0 Å². The van der Waals surface area contributed by atoms with Crippen molar-refractivity contribution in [3.05, 3.63) is 23.9 Å². The van der Waals surface area contributed by atoms with Crippen LogP contribution in [-0.4, -0.2) is 30.8 Å². The number of hydrogen-bond donors (Lipinski definition) is 1. The van der Waals surface area contributed by atoms with Crippen molar-refractivity contribution in [1.29, 1.82) is 0 Å². The fraction of sp³-hybridized carbons (Fsp3) is 0.615. The second kappa shape index (κ2) is 5.98. The van der Waals surface area contributed by atoms with Crippen molar-refractivity contribution in [3.63, 3.8) is 0 Å². The lowest BCUT2D eigenvalue weighted by Crippen LogP contribution is -2.38. The number of nitrogens with zero attached hydrogens (tertiary/aromatic N) is 1. The van der Waals surface area contributed by atoms with Gasteiger partial charge in [0, 0.05) is 18.8 Å². The molecule has 1 N–H and O–H groups in total. The molecule has 2 rings (SSSR count). The van der Waals surface area contributed by atoms with Crippen LogP contribution in [0.3, 0.4) is 0 Å². The summed E-state index contributed by atoms with van der Waals surface area (Å²) in [6, 6.07) is 4.00. The summed E-state index contributed by atoms with van der Waals surface area (Å²) >= 11 is 0. The van der Waals surface area contributed by atoms with Crippen LogP contribution in [0.1, 0.15) is 19.4 Å². The van der Waals surface area contributed by atoms with Crippen LogP contribution in [0.2, 0.25) is 0 Å². The third-order valence-corrected chi connectivity index (χ3v) is 2.58. The van der Waals surface area contributed by atoms with E-state index in [1.165, 1.54) is 5.56 Å². The smallest absolute Gasteiger partial charge is 0.213 e. The van der Waals surface area contributed by atoms with Crippen LogP contribution < -0.4 is 10.1 Å². The van der Waals surface area contributed by atoms with Crippen LogP contribution in [-0.2, 0) is 11.3 Å². The van der Waals surface area contributed by atoms with Crippen molar-refractivity contribution in [1.82, 2.24) is 10.3 Å². The molecule has 1 aromatic heterocycles. The number of rotatable bonds is 6. The monoisotopic (exact) mass is 236 g/mol. The van der Waals surface area contributed by atoms with Gasteiger partial charge in [0.05, 0.1) is 13.2 Å². The highest BCUT2D eigenvalue weighted by molar-refractivity contribution is 5.20. The van der Waals surface area contributed by atoms with Crippen LogP contribution in [0.25, 0.3) is 0 Å². The maximum absolute atomic E-state index is 5.65. The van der Waals surface area contributed by atoms with Gasteiger partial charge in [-0.25, -0.2) is 4.98 Å². The molecule has 4 heteroatoms. The molecule has 4 nitrogen and oxygen atoms in total. The van der Waals surface area contributed by atoms with E-state index in [9.17, 15) is 0 Å². The molecule has 0 spiro atoms. The van der Waals surface area contributed by atoms with Gasteiger partial charge in [-0.3, -0.25) is 0 Å². The Balaban J connectivity index is 1.82. The zero-order chi connectivity index (χ0) is 12.1. The van der Waals surface area contributed by atoms with Crippen molar-refractivity contribution in [2.75, 3.05) is 19.8 Å². The first-order valence-corrected chi connectivity index (χ1v) is 6.14. The highest BCUT2D eigenvalue weighted by Crippen LogP contribution is 2.14. The molecule has 0 saturated carbocycles. The Hall–Kier alpha value is -1.13. The molecule has 0 aliphatic carbocycles. The van der Waals surface area contributed by atoms with E-state index in [1.807, 2.05) is 12.1 Å². The van der Waals surface area contributed by atoms with Gasteiger partial charge in [-0.15, -0.1) is 0 Å². The van der Waals surface area contributed by atoms with Crippen molar-refractivity contribution < 1.29 is 9.47 Å². The fourth-order valence-corrected chi connectivity index (χ4v) is 1.58. The van der Waals surface area contributed by atoms with Gasteiger partial charge in [0.1, 0.15) is 6.10 Å². The zero-order valence-electron chi connectivity index (χ0n) is 10.5. The molecule has 94 valence electrons. The third-order valence-electron chi connectivity index (χ3n) is 2.58. The summed E-state index contributed by atoms with van der Waals surface area (Å²) in [6.45, 7) is 7.64. The molecule has 0 unspecified atom stereocenters. The lowest BCUT2D eigenvalue weighted by molar-refractivity contribution is -0.0813. The molecular weight excluding hydrogens is 216 g/mol. The van der Waals surface area contributed by atoms with E-state index in [4.69, 9.17) is 9.47 Å². The van der Waals surface area contributed by atoms with Gasteiger partial charge in [0.25, 0.3) is 0 Å². The van der Waals surface area contributed by atoms with E-state index >= 15 is 0 Å². The first kappa shape index (κ1) is 12.3. The predicted octanol–water partition coefficient (Wildman–Crippen LogP) is 1.60. The molecule has 1 aliphatic heterocycles. The maximum atomic E-state index is 5.65. The van der Waals surface area contributed by atoms with Gasteiger partial charge < -0.3 is 14.8 Å². The largest absolute Gasteiger partial charge is 0.469 e. The summed E-state index contributed by atoms with van der Waals surface area (Å²) in [6.07, 6.45) is 1.97. The molecule has 0 aromatic carbocycles. The van der Waals surface area contributed by atoms with E-state index in [0.717, 1.165) is 13.1 Å². The topological polar surface area (TPSA) is 43.4 Å². The van der Waals surface area contributed by atoms with Gasteiger partial charge in [0.15, 0.2) is 0 Å². The summed E-state index contributed by atoms with van der Waals surface area (Å²) in [7, 11) is 0. The second-order valence-electron chi connectivity index (χ2n) is 4.80. The highest BCUT2D eigenvalue weighted by Gasteiger charge is 2.20. The number of aromatic nitrogens is 1. The van der Waals surface area contributed by atoms with E-state index < -0.39 is 0 Å². The van der Waals surface area contributed by atoms with Crippen LogP contribution in [0.5, 0.6) is 5.88 Å². The fourth-order valence-electron chi connectivity index (χ4n) is 1.58. The zero-order valence-corrected chi connectivity index (χ0v) is 10.5. The first-order chi connectivity index (χ1) is 8.24. The lowest BCUT2D eigenvalue weighted by Gasteiger charge is -2.26. The Bertz CT molecular complexity index is 351. The van der Waals surface area contributed by atoms with Gasteiger partial charge >= 0.3 is 0 Å². The number of nitrogens with one attached hydrogen (secondary N) is 1. The molecule has 1 aliphatic rings. The SMILES string of the molecule is CC(C)CNCc1ccnc(OC2COC2)c1. The number of pyridine rings is 1. The van der Waals surface area contributed by atoms with E-state index in [2.05, 4.69) is 24.1 Å². The van der Waals surface area contributed by atoms with E-state index in [1.54, 1.807) is 6.20 Å². The Kier molecular flexibility index (Phi) is 4.34. The summed E-state index contributed by atoms with van der Waals surface area (Å²) in [5.74, 6) is 1.36. The summed E-state index contributed by atoms with van der Waals surface area (Å²) in [4.78, 5) is 4.20. The average Bonchev–Trinajstić information content (AvgIpc) is 2.24. The molecule has 2 heterocycles. The van der Waals surface area contributed by atoms with E-state index in [0.29, 0.717) is 25.0 Å². The predicted molar refractivity (Wildman–Crippen MR) is 66.0 cm³/mol. The summed E-state index contributed by atoms with van der Waals surface area (Å²) < 4.78 is 10.7. The Morgan fingerprint density at radius 2 is 2.35 bits per heavy atom. The van der Waals surface area contributed by atoms with Gasteiger partial charge in [-0.05, 0) is 24.1 Å². The molecular formula is C13H20N2O2. The van der Waals surface area contributed by atoms with Crippen molar-refractivity contribution >= 4 is 0 Å². The van der Waals surface area contributed by atoms with Gasteiger partial charge in [-0.1, -0.05) is 13.8 Å². The van der Waals surface area contributed by atoms with Crippen molar-refractivity contribution in [2.45, 2.75) is 26.5 Å². The highest BCUT2D eigenvalue weighted by atomic mass is 16.6. The Morgan fingerprint density at radius 1 is 1.53 bits per heavy atom. The number of ether oxygens (including phenoxy) is 2. The molecule has 0 radical (unpaired) electrons. The standard InChI is InChI=1S/C13H20N2O2/c1-10(2)6-14-7-11-3-4-15-13(5-11)17-12-8-16-9-12/h3-5,10,12,14H,6-9H2,1-2H3. The second-order valence-corrected chi connectivity index (χ2v) is 4.80.